The van der Waals surface area contributed by atoms with Crippen LogP contribution < -0.4 is 5.73 Å². The number of rotatable bonds is 0. The fraction of sp³-hybridized carbons (Fsp3) is 0.562. The molecule has 2 fully saturated rings. The van der Waals surface area contributed by atoms with Crippen molar-refractivity contribution in [3.8, 4) is 11.8 Å². The Morgan fingerprint density at radius 2 is 2.11 bits per heavy atom. The van der Waals surface area contributed by atoms with Crippen LogP contribution in [0.2, 0.25) is 0 Å². The lowest BCUT2D eigenvalue weighted by atomic mass is 9.74. The average Bonchev–Trinajstić information content (AvgIpc) is 2.58. The Morgan fingerprint density at radius 1 is 1.22 bits per heavy atom. The first-order chi connectivity index (χ1) is 8.59. The van der Waals surface area contributed by atoms with E-state index in [1.165, 1.54) is 25.7 Å². The van der Waals surface area contributed by atoms with Crippen LogP contribution in [0.25, 0.3) is 0 Å². The minimum atomic E-state index is 0.0764. The van der Waals surface area contributed by atoms with Crippen molar-refractivity contribution in [1.29, 1.82) is 0 Å². The van der Waals surface area contributed by atoms with E-state index in [-0.39, 0.29) is 11.0 Å². The lowest BCUT2D eigenvalue weighted by molar-refractivity contribution is 0.257. The maximum atomic E-state index is 6.39. The van der Waals surface area contributed by atoms with Crippen molar-refractivity contribution in [3.63, 3.8) is 0 Å². The van der Waals surface area contributed by atoms with Crippen LogP contribution in [0.3, 0.4) is 0 Å². The molecule has 2 nitrogen and oxygen atoms in total. The van der Waals surface area contributed by atoms with Crippen LogP contribution in [0, 0.1) is 24.2 Å². The molecule has 94 valence electrons. The van der Waals surface area contributed by atoms with Gasteiger partial charge in [0.05, 0.1) is 0 Å². The molecule has 0 aliphatic heterocycles. The molecule has 2 bridgehead atoms. The Kier molecular flexibility index (Phi) is 2.68. The summed E-state index contributed by atoms with van der Waals surface area (Å²) >= 11 is 0. The SMILES string of the molecule is Cc1cccc(C#C[C@@]23CCC[C@@](N)(CC2)C3)n1. The molecule has 0 radical (unpaired) electrons. The van der Waals surface area contributed by atoms with Crippen molar-refractivity contribution in [3.05, 3.63) is 29.6 Å². The molecule has 1 aromatic rings. The number of pyridine rings is 1. The van der Waals surface area contributed by atoms with Crippen LogP contribution in [0.5, 0.6) is 0 Å². The molecular formula is C16H20N2. The molecule has 2 heteroatoms. The number of nitrogens with zero attached hydrogens (tertiary/aromatic N) is 1. The molecule has 2 atom stereocenters. The highest BCUT2D eigenvalue weighted by molar-refractivity contribution is 5.32. The van der Waals surface area contributed by atoms with Gasteiger partial charge in [0.2, 0.25) is 0 Å². The van der Waals surface area contributed by atoms with Gasteiger partial charge in [0.15, 0.2) is 0 Å². The van der Waals surface area contributed by atoms with E-state index in [9.17, 15) is 0 Å². The fourth-order valence-electron chi connectivity index (χ4n) is 3.52. The van der Waals surface area contributed by atoms with Crippen molar-refractivity contribution >= 4 is 0 Å². The number of aryl methyl sites for hydroxylation is 1. The van der Waals surface area contributed by atoms with Gasteiger partial charge in [-0.15, -0.1) is 0 Å². The minimum absolute atomic E-state index is 0.0764. The summed E-state index contributed by atoms with van der Waals surface area (Å²) in [5.41, 5.74) is 8.57. The highest BCUT2D eigenvalue weighted by Gasteiger charge is 2.48. The van der Waals surface area contributed by atoms with Crippen LogP contribution in [-0.2, 0) is 0 Å². The van der Waals surface area contributed by atoms with Crippen LogP contribution >= 0.6 is 0 Å². The molecule has 2 aliphatic rings. The highest BCUT2D eigenvalue weighted by Crippen LogP contribution is 2.52. The van der Waals surface area contributed by atoms with Gasteiger partial charge < -0.3 is 5.73 Å². The Balaban J connectivity index is 1.85. The summed E-state index contributed by atoms with van der Waals surface area (Å²) in [5, 5.41) is 0. The largest absolute Gasteiger partial charge is 0.325 e. The first-order valence-corrected chi connectivity index (χ1v) is 6.85. The molecule has 1 heterocycles. The minimum Gasteiger partial charge on any atom is -0.325 e. The maximum Gasteiger partial charge on any atom is 0.113 e. The maximum absolute atomic E-state index is 6.39. The zero-order valence-electron chi connectivity index (χ0n) is 11.0. The number of hydrogen-bond acceptors (Lipinski definition) is 2. The summed E-state index contributed by atoms with van der Waals surface area (Å²) in [7, 11) is 0. The second kappa shape index (κ2) is 4.10. The van der Waals surface area contributed by atoms with Gasteiger partial charge in [-0.2, -0.15) is 0 Å². The van der Waals surface area contributed by atoms with Gasteiger partial charge in [-0.25, -0.2) is 4.98 Å². The number of aromatic nitrogens is 1. The molecule has 0 amide bonds. The summed E-state index contributed by atoms with van der Waals surface area (Å²) in [5.74, 6) is 6.78. The van der Waals surface area contributed by atoms with Gasteiger partial charge in [-0.3, -0.25) is 0 Å². The number of fused-ring (bicyclic) bond motifs is 2. The third-order valence-corrected chi connectivity index (χ3v) is 4.47. The second-order valence-corrected chi connectivity index (χ2v) is 6.09. The van der Waals surface area contributed by atoms with Gasteiger partial charge in [-0.05, 0) is 57.1 Å². The smallest absolute Gasteiger partial charge is 0.113 e. The first kappa shape index (κ1) is 11.7. The molecule has 3 rings (SSSR count). The van der Waals surface area contributed by atoms with Crippen molar-refractivity contribution in [1.82, 2.24) is 4.98 Å². The third-order valence-electron chi connectivity index (χ3n) is 4.47. The Hall–Kier alpha value is -1.33. The van der Waals surface area contributed by atoms with E-state index in [0.29, 0.717) is 0 Å². The molecular weight excluding hydrogens is 220 g/mol. The Bertz CT molecular complexity index is 525. The van der Waals surface area contributed by atoms with E-state index < -0.39 is 0 Å². The highest BCUT2D eigenvalue weighted by atomic mass is 14.8. The predicted octanol–water partition coefficient (Wildman–Crippen LogP) is 2.79. The van der Waals surface area contributed by atoms with E-state index >= 15 is 0 Å². The van der Waals surface area contributed by atoms with Gasteiger partial charge in [-0.1, -0.05) is 18.4 Å². The fourth-order valence-corrected chi connectivity index (χ4v) is 3.52. The molecule has 0 aromatic carbocycles. The van der Waals surface area contributed by atoms with Crippen LogP contribution in [0.15, 0.2) is 18.2 Å². The molecule has 2 saturated carbocycles. The molecule has 0 saturated heterocycles. The quantitative estimate of drug-likeness (QED) is 0.708. The van der Waals surface area contributed by atoms with E-state index in [4.69, 9.17) is 5.73 Å². The molecule has 2 N–H and O–H groups in total. The topological polar surface area (TPSA) is 38.9 Å². The van der Waals surface area contributed by atoms with Crippen molar-refractivity contribution in [2.75, 3.05) is 0 Å². The number of hydrogen-bond donors (Lipinski definition) is 1. The normalized spacial score (nSPS) is 33.9. The molecule has 0 spiro atoms. The molecule has 2 aliphatic carbocycles. The summed E-state index contributed by atoms with van der Waals surface area (Å²) < 4.78 is 0. The summed E-state index contributed by atoms with van der Waals surface area (Å²) in [6, 6.07) is 6.02. The Labute approximate surface area is 109 Å². The van der Waals surface area contributed by atoms with Crippen LogP contribution in [0.4, 0.5) is 0 Å². The standard InChI is InChI=1S/C16H20N2/c1-13-4-2-5-14(18-13)6-9-15-7-3-8-16(17,12-15)11-10-15/h2,4-5H,3,7-8,10-12,17H2,1H3/t15-,16+/m0/s1. The molecule has 0 unspecified atom stereocenters. The summed E-state index contributed by atoms with van der Waals surface area (Å²) in [6.45, 7) is 2.00. The molecule has 1 aromatic heterocycles. The van der Waals surface area contributed by atoms with E-state index in [0.717, 1.165) is 24.2 Å². The zero-order chi connectivity index (χ0) is 12.6. The first-order valence-electron chi connectivity index (χ1n) is 6.85. The zero-order valence-corrected chi connectivity index (χ0v) is 11.0. The lowest BCUT2D eigenvalue weighted by Crippen LogP contribution is -2.40. The summed E-state index contributed by atoms with van der Waals surface area (Å²) in [6.07, 6.45) is 7.01. The van der Waals surface area contributed by atoms with Crippen LogP contribution in [-0.4, -0.2) is 10.5 Å². The second-order valence-electron chi connectivity index (χ2n) is 6.09. The predicted molar refractivity (Wildman–Crippen MR) is 72.9 cm³/mol. The Morgan fingerprint density at radius 3 is 2.94 bits per heavy atom. The van der Waals surface area contributed by atoms with Crippen molar-refractivity contribution < 1.29 is 0 Å². The number of nitrogens with two attached hydrogens (primary N) is 1. The molecule has 18 heavy (non-hydrogen) atoms. The van der Waals surface area contributed by atoms with Gasteiger partial charge in [0, 0.05) is 16.6 Å². The third kappa shape index (κ3) is 2.15. The monoisotopic (exact) mass is 240 g/mol. The van der Waals surface area contributed by atoms with Gasteiger partial charge >= 0.3 is 0 Å². The van der Waals surface area contributed by atoms with Crippen molar-refractivity contribution in [2.24, 2.45) is 11.1 Å². The van der Waals surface area contributed by atoms with Crippen molar-refractivity contribution in [2.45, 2.75) is 51.0 Å². The van der Waals surface area contributed by atoms with Gasteiger partial charge in [0.25, 0.3) is 0 Å². The van der Waals surface area contributed by atoms with E-state index in [2.05, 4.69) is 16.8 Å². The van der Waals surface area contributed by atoms with Crippen LogP contribution in [0.1, 0.15) is 49.9 Å². The van der Waals surface area contributed by atoms with E-state index in [1.807, 2.05) is 25.1 Å². The van der Waals surface area contributed by atoms with Gasteiger partial charge in [0.1, 0.15) is 5.69 Å². The van der Waals surface area contributed by atoms with E-state index in [1.54, 1.807) is 0 Å². The average molecular weight is 240 g/mol. The lowest BCUT2D eigenvalue weighted by Gasteiger charge is -2.33. The summed E-state index contributed by atoms with van der Waals surface area (Å²) in [4.78, 5) is 4.45.